The molecule has 1 aromatic rings. The van der Waals surface area contributed by atoms with Gasteiger partial charge in [0.15, 0.2) is 11.5 Å². The molecule has 6 fully saturated rings. The van der Waals surface area contributed by atoms with E-state index in [0.717, 1.165) is 60.3 Å². The predicted octanol–water partition coefficient (Wildman–Crippen LogP) is 6.62. The molecule has 1 aromatic heterocycles. The van der Waals surface area contributed by atoms with Crippen LogP contribution in [-0.2, 0) is 17.5 Å². The zero-order valence-corrected chi connectivity index (χ0v) is 20.1. The average Bonchev–Trinajstić information content (AvgIpc) is 3.70. The summed E-state index contributed by atoms with van der Waals surface area (Å²) < 4.78 is 40.3. The molecular formula is C28H37F3N2O. The minimum absolute atomic E-state index is 0.00906. The van der Waals surface area contributed by atoms with Gasteiger partial charge in [0.2, 0.25) is 0 Å². The number of alkyl halides is 3. The van der Waals surface area contributed by atoms with Gasteiger partial charge in [-0.05, 0) is 129 Å². The summed E-state index contributed by atoms with van der Waals surface area (Å²) in [5, 5.41) is 3.68. The number of hydrogen-bond acceptors (Lipinski definition) is 2. The fourth-order valence-electron chi connectivity index (χ4n) is 10.2. The first-order valence-electron chi connectivity index (χ1n) is 13.9. The van der Waals surface area contributed by atoms with Crippen LogP contribution in [0.3, 0.4) is 0 Å². The van der Waals surface area contributed by atoms with E-state index in [1.54, 1.807) is 0 Å². The zero-order valence-electron chi connectivity index (χ0n) is 20.1. The monoisotopic (exact) mass is 474 g/mol. The second-order valence-corrected chi connectivity index (χ2v) is 13.2. The van der Waals surface area contributed by atoms with Crippen LogP contribution in [0.25, 0.3) is 0 Å². The molecule has 6 aliphatic carbocycles. The van der Waals surface area contributed by atoms with Crippen LogP contribution in [0.2, 0.25) is 0 Å². The highest BCUT2D eigenvalue weighted by molar-refractivity contribution is 5.82. The van der Waals surface area contributed by atoms with Crippen molar-refractivity contribution in [3.8, 4) is 0 Å². The Bertz CT molecular complexity index is 983. The van der Waals surface area contributed by atoms with Gasteiger partial charge < -0.3 is 0 Å². The number of rotatable bonds is 4. The maximum Gasteiger partial charge on any atom is 0.435 e. The van der Waals surface area contributed by atoms with Gasteiger partial charge >= 0.3 is 6.18 Å². The Morgan fingerprint density at radius 2 is 1.62 bits per heavy atom. The van der Waals surface area contributed by atoms with Crippen molar-refractivity contribution in [2.45, 2.75) is 83.9 Å². The van der Waals surface area contributed by atoms with Crippen molar-refractivity contribution in [1.82, 2.24) is 9.78 Å². The number of hydrogen-bond donors (Lipinski definition) is 0. The van der Waals surface area contributed by atoms with Crippen molar-refractivity contribution >= 4 is 5.78 Å². The zero-order chi connectivity index (χ0) is 23.4. The molecule has 1 heterocycles. The third-order valence-electron chi connectivity index (χ3n) is 11.8. The Labute approximate surface area is 200 Å². The number of ketones is 1. The van der Waals surface area contributed by atoms with E-state index in [-0.39, 0.29) is 23.7 Å². The summed E-state index contributed by atoms with van der Waals surface area (Å²) in [4.78, 5) is 13.6. The van der Waals surface area contributed by atoms with Gasteiger partial charge in [0.1, 0.15) is 0 Å². The molecule has 34 heavy (non-hydrogen) atoms. The SMILES string of the molecule is C[C@]12CC[C@@H]3[C@H]4CC[C@@H]5CC5[C@H]4CC[C@H]3C1[C@H](C1CC1)C[C@@H]2C(=O)Cn1ccc(C(F)(F)F)n1. The predicted molar refractivity (Wildman–Crippen MR) is 121 cm³/mol. The fourth-order valence-corrected chi connectivity index (χ4v) is 10.2. The summed E-state index contributed by atoms with van der Waals surface area (Å²) in [5.41, 5.74) is -0.899. The van der Waals surface area contributed by atoms with E-state index in [1.807, 2.05) is 0 Å². The molecule has 7 rings (SSSR count). The van der Waals surface area contributed by atoms with Crippen molar-refractivity contribution in [2.24, 2.45) is 64.6 Å². The van der Waals surface area contributed by atoms with Gasteiger partial charge in [-0.3, -0.25) is 9.48 Å². The van der Waals surface area contributed by atoms with Crippen molar-refractivity contribution < 1.29 is 18.0 Å². The lowest BCUT2D eigenvalue weighted by molar-refractivity contribution is -0.142. The molecule has 0 spiro atoms. The number of halogens is 3. The molecule has 0 radical (unpaired) electrons. The van der Waals surface area contributed by atoms with E-state index in [4.69, 9.17) is 0 Å². The standard InChI is InChI=1S/C28H37F3N2O/c1-27-10-8-19-17-5-4-16-12-21(16)18(17)6-7-20(19)26(27)22(15-2-3-15)13-23(27)24(34)14-33-11-9-25(32-33)28(29,30)31/h9,11,15-23,26H,2-8,10,12-14H2,1H3/t16-,17+,18+,19-,20-,21?,22+,23-,26?,27-/m1/s1. The second kappa shape index (κ2) is 7.35. The number of carbonyl (C=O) groups is 1. The Hall–Kier alpha value is -1.33. The molecule has 0 amide bonds. The van der Waals surface area contributed by atoms with E-state index < -0.39 is 11.9 Å². The van der Waals surface area contributed by atoms with Crippen molar-refractivity contribution in [1.29, 1.82) is 0 Å². The lowest BCUT2D eigenvalue weighted by Gasteiger charge is -2.56. The van der Waals surface area contributed by atoms with Gasteiger partial charge in [0.25, 0.3) is 0 Å². The van der Waals surface area contributed by atoms with Gasteiger partial charge in [-0.15, -0.1) is 0 Å². The molecule has 0 N–H and O–H groups in total. The topological polar surface area (TPSA) is 34.9 Å². The Kier molecular flexibility index (Phi) is 4.74. The molecule has 10 atom stereocenters. The molecule has 186 valence electrons. The van der Waals surface area contributed by atoms with E-state index in [9.17, 15) is 18.0 Å². The maximum absolute atomic E-state index is 13.6. The molecule has 0 bridgehead atoms. The minimum Gasteiger partial charge on any atom is -0.297 e. The molecule has 6 heteroatoms. The fraction of sp³-hybridized carbons (Fsp3) is 0.857. The second-order valence-electron chi connectivity index (χ2n) is 13.2. The summed E-state index contributed by atoms with van der Waals surface area (Å²) in [6.45, 7) is 2.36. The lowest BCUT2D eigenvalue weighted by atomic mass is 9.48. The van der Waals surface area contributed by atoms with E-state index >= 15 is 0 Å². The van der Waals surface area contributed by atoms with Gasteiger partial charge in [-0.2, -0.15) is 18.3 Å². The number of nitrogens with zero attached hydrogens (tertiary/aromatic N) is 2. The summed E-state index contributed by atoms with van der Waals surface area (Å²) >= 11 is 0. The van der Waals surface area contributed by atoms with Gasteiger partial charge in [0, 0.05) is 12.1 Å². The highest BCUT2D eigenvalue weighted by Crippen LogP contribution is 2.71. The minimum atomic E-state index is -4.47. The van der Waals surface area contributed by atoms with E-state index in [1.165, 1.54) is 62.2 Å². The van der Waals surface area contributed by atoms with Gasteiger partial charge in [0.05, 0.1) is 6.54 Å². The van der Waals surface area contributed by atoms with Crippen molar-refractivity contribution in [3.05, 3.63) is 18.0 Å². The van der Waals surface area contributed by atoms with Gasteiger partial charge in [-0.1, -0.05) is 6.92 Å². The van der Waals surface area contributed by atoms with E-state index in [0.29, 0.717) is 11.8 Å². The largest absolute Gasteiger partial charge is 0.435 e. The van der Waals surface area contributed by atoms with Crippen LogP contribution in [0.1, 0.15) is 76.8 Å². The smallest absolute Gasteiger partial charge is 0.297 e. The summed E-state index contributed by atoms with van der Waals surface area (Å²) in [5.74, 6) is 7.72. The first-order valence-corrected chi connectivity index (χ1v) is 13.9. The summed E-state index contributed by atoms with van der Waals surface area (Å²) in [7, 11) is 0. The molecule has 0 aromatic carbocycles. The summed E-state index contributed by atoms with van der Waals surface area (Å²) in [6, 6.07) is 0.984. The third-order valence-corrected chi connectivity index (χ3v) is 11.8. The quantitative estimate of drug-likeness (QED) is 0.491. The van der Waals surface area contributed by atoms with Crippen LogP contribution in [0.5, 0.6) is 0 Å². The number of fused-ring (bicyclic) bond motifs is 7. The van der Waals surface area contributed by atoms with Crippen LogP contribution < -0.4 is 0 Å². The van der Waals surface area contributed by atoms with Gasteiger partial charge in [-0.25, -0.2) is 0 Å². The Morgan fingerprint density at radius 1 is 0.941 bits per heavy atom. The Balaban J connectivity index is 1.14. The Morgan fingerprint density at radius 3 is 2.35 bits per heavy atom. The molecule has 0 aliphatic heterocycles. The van der Waals surface area contributed by atoms with Crippen LogP contribution >= 0.6 is 0 Å². The molecule has 0 saturated heterocycles. The molecule has 6 saturated carbocycles. The van der Waals surface area contributed by atoms with Crippen molar-refractivity contribution in [3.63, 3.8) is 0 Å². The van der Waals surface area contributed by atoms with Crippen molar-refractivity contribution in [2.75, 3.05) is 0 Å². The first kappa shape index (κ1) is 21.9. The van der Waals surface area contributed by atoms with Crippen LogP contribution in [0.4, 0.5) is 13.2 Å². The number of carbonyl (C=O) groups excluding carboxylic acids is 1. The molecular weight excluding hydrogens is 437 g/mol. The molecule has 2 unspecified atom stereocenters. The summed E-state index contributed by atoms with van der Waals surface area (Å²) in [6.07, 6.45) is 9.95. The number of Topliss-reactive ketones (excluding diaryl/α,β-unsaturated/α-hetero) is 1. The molecule has 3 nitrogen and oxygen atoms in total. The van der Waals surface area contributed by atoms with E-state index in [2.05, 4.69) is 12.0 Å². The normalized spacial score (nSPS) is 47.4. The lowest BCUT2D eigenvalue weighted by Crippen LogP contribution is -2.50. The number of aromatic nitrogens is 2. The average molecular weight is 475 g/mol. The maximum atomic E-state index is 13.6. The molecule has 6 aliphatic rings. The van der Waals surface area contributed by atoms with Crippen LogP contribution in [0, 0.1) is 64.6 Å². The highest BCUT2D eigenvalue weighted by Gasteiger charge is 2.64. The third kappa shape index (κ3) is 3.28. The highest BCUT2D eigenvalue weighted by atomic mass is 19.4. The van der Waals surface area contributed by atoms with Crippen LogP contribution in [-0.4, -0.2) is 15.6 Å². The first-order chi connectivity index (χ1) is 16.2. The van der Waals surface area contributed by atoms with Crippen LogP contribution in [0.15, 0.2) is 12.3 Å².